The average Bonchev–Trinajstić information content (AvgIpc) is 3.77. The van der Waals surface area contributed by atoms with E-state index in [1.807, 2.05) is 4.90 Å². The maximum absolute atomic E-state index is 15.1. The molecule has 4 fully saturated rings. The van der Waals surface area contributed by atoms with Crippen molar-refractivity contribution >= 4 is 49.9 Å². The number of rotatable bonds is 15. The number of benzene rings is 3. The number of methoxy groups -OCH3 is 1. The van der Waals surface area contributed by atoms with E-state index in [1.165, 1.54) is 30.4 Å². The van der Waals surface area contributed by atoms with Gasteiger partial charge < -0.3 is 44.2 Å². The molecule has 2 atom stereocenters. The Kier molecular flexibility index (Phi) is 14.7. The number of amides is 2. The third kappa shape index (κ3) is 10.7. The van der Waals surface area contributed by atoms with Crippen LogP contribution in [0.3, 0.4) is 0 Å². The summed E-state index contributed by atoms with van der Waals surface area (Å²) in [6, 6.07) is 17.0. The van der Waals surface area contributed by atoms with Crippen molar-refractivity contribution in [1.29, 1.82) is 0 Å². The van der Waals surface area contributed by atoms with Crippen LogP contribution >= 0.6 is 0 Å². The van der Waals surface area contributed by atoms with Gasteiger partial charge in [0, 0.05) is 88.9 Å². The van der Waals surface area contributed by atoms with Crippen molar-refractivity contribution in [1.82, 2.24) is 24.5 Å². The topological polar surface area (TPSA) is 231 Å². The Hall–Kier alpha value is -6.55. The summed E-state index contributed by atoms with van der Waals surface area (Å²) in [7, 11) is -3.30. The molecule has 2 aliphatic carbocycles. The van der Waals surface area contributed by atoms with E-state index in [1.54, 1.807) is 26.0 Å². The number of aromatic nitrogens is 2. The van der Waals surface area contributed by atoms with E-state index in [-0.39, 0.29) is 94.6 Å². The van der Waals surface area contributed by atoms with Crippen LogP contribution in [0.1, 0.15) is 113 Å². The number of pyridine rings is 1. The lowest BCUT2D eigenvalue weighted by Gasteiger charge is -2.58. The number of piperidine rings is 1. The number of nitrogens with zero attached hydrogens (tertiary/aromatic N) is 5. The van der Waals surface area contributed by atoms with Gasteiger partial charge in [0.05, 0.1) is 45.1 Å². The Morgan fingerprint density at radius 2 is 1.76 bits per heavy atom. The van der Waals surface area contributed by atoms with E-state index in [4.69, 9.17) is 18.9 Å². The highest BCUT2D eigenvalue weighted by Gasteiger charge is 2.50. The summed E-state index contributed by atoms with van der Waals surface area (Å²) in [6.45, 7) is 11.7. The molecule has 3 aliphatic heterocycles. The van der Waals surface area contributed by atoms with Crippen molar-refractivity contribution in [2.24, 2.45) is 11.3 Å². The summed E-state index contributed by atoms with van der Waals surface area (Å²) in [5, 5.41) is 26.3. The number of aromatic amines is 1. The molecule has 10 rings (SSSR count). The minimum atomic E-state index is -4.80. The monoisotopic (exact) mass is 1070 g/mol. The van der Waals surface area contributed by atoms with E-state index in [9.17, 15) is 33.2 Å². The van der Waals surface area contributed by atoms with Crippen LogP contribution < -0.4 is 29.1 Å². The van der Waals surface area contributed by atoms with Gasteiger partial charge in [-0.25, -0.2) is 17.5 Å². The number of nitro groups is 1. The molecule has 3 aromatic carbocycles. The largest absolute Gasteiger partial charge is 0.489 e. The van der Waals surface area contributed by atoms with Gasteiger partial charge in [-0.05, 0) is 98.8 Å². The number of fused-ring (bicyclic) bond motifs is 2. The van der Waals surface area contributed by atoms with Crippen LogP contribution in [0, 0.1) is 27.3 Å². The fourth-order valence-electron chi connectivity index (χ4n) is 12.1. The molecule has 19 nitrogen and oxygen atoms in total. The predicted octanol–water partition coefficient (Wildman–Crippen LogP) is 8.44. The molecule has 1 spiro atoms. The van der Waals surface area contributed by atoms with Crippen LogP contribution in [-0.4, -0.2) is 127 Å². The molecule has 0 bridgehead atoms. The first-order valence-electron chi connectivity index (χ1n) is 26.3. The van der Waals surface area contributed by atoms with Gasteiger partial charge in [-0.1, -0.05) is 38.1 Å². The molecule has 76 heavy (non-hydrogen) atoms. The standard InChI is InChI=1S/C55H67FN8O11S/c1-33(2)39-8-6-7-9-40(39)46-31-62(34(3)65)20-21-63(46)37-28-55(29-37)16-18-61(19-17-55)36-10-11-41(47(24-36)75-49-27-42-43(56)30-57-51(42)59-53(49)73-23-22-72-5)52(66)60-76(70,71)38-25-45(64(68)69)50-48(26-38)74-32-44(58-50)35-12-14-54(4,67)15-13-35/h6-11,24-27,30,33,35,37,44,46,58,67H,12-23,28-29,31-32H2,1-5H3,(H,57,59)(H,60,66)/t35-,44-,46+,54-/m1/s1. The van der Waals surface area contributed by atoms with Gasteiger partial charge in [0.25, 0.3) is 27.5 Å². The average molecular weight is 1070 g/mol. The molecule has 0 unspecified atom stereocenters. The molecule has 2 saturated heterocycles. The quantitative estimate of drug-likeness (QED) is 0.0438. The van der Waals surface area contributed by atoms with Crippen LogP contribution in [0.4, 0.5) is 21.5 Å². The third-order valence-electron chi connectivity index (χ3n) is 16.6. The smallest absolute Gasteiger partial charge is 0.297 e. The summed E-state index contributed by atoms with van der Waals surface area (Å²) in [5.74, 6) is -1.46. The van der Waals surface area contributed by atoms with Crippen molar-refractivity contribution in [3.63, 3.8) is 0 Å². The number of sulfonamides is 1. The number of ether oxygens (including phenoxy) is 4. The van der Waals surface area contributed by atoms with Crippen LogP contribution in [0.15, 0.2) is 71.8 Å². The fourth-order valence-corrected chi connectivity index (χ4v) is 13.1. The lowest BCUT2D eigenvalue weighted by Crippen LogP contribution is -2.60. The first-order valence-corrected chi connectivity index (χ1v) is 27.8. The molecule has 0 radical (unpaired) electrons. The van der Waals surface area contributed by atoms with Gasteiger partial charge >= 0.3 is 0 Å². The molecule has 5 aromatic rings. The zero-order chi connectivity index (χ0) is 53.7. The summed E-state index contributed by atoms with van der Waals surface area (Å²) in [6.07, 6.45) is 7.50. The molecule has 2 saturated carbocycles. The van der Waals surface area contributed by atoms with Crippen LogP contribution in [0.5, 0.6) is 23.1 Å². The molecular formula is C55H67FN8O11S. The molecule has 406 valence electrons. The van der Waals surface area contributed by atoms with Crippen molar-refractivity contribution in [2.45, 2.75) is 114 Å². The lowest BCUT2D eigenvalue weighted by atomic mass is 9.59. The number of H-pyrrole nitrogens is 1. The second-order valence-electron chi connectivity index (χ2n) is 21.9. The van der Waals surface area contributed by atoms with E-state index < -0.39 is 42.9 Å². The highest BCUT2D eigenvalue weighted by molar-refractivity contribution is 7.90. The Morgan fingerprint density at radius 3 is 2.47 bits per heavy atom. The summed E-state index contributed by atoms with van der Waals surface area (Å²) in [5.41, 5.74) is 2.08. The Balaban J connectivity index is 0.900. The Bertz CT molecular complexity index is 3120. The van der Waals surface area contributed by atoms with Gasteiger partial charge in [-0.3, -0.25) is 24.6 Å². The van der Waals surface area contributed by atoms with Crippen molar-refractivity contribution in [2.75, 3.05) is 69.9 Å². The highest BCUT2D eigenvalue weighted by atomic mass is 32.2. The number of aliphatic hydroxyl groups is 1. The highest BCUT2D eigenvalue weighted by Crippen LogP contribution is 2.54. The van der Waals surface area contributed by atoms with E-state index in [0.717, 1.165) is 50.6 Å². The first-order chi connectivity index (χ1) is 36.3. The normalized spacial score (nSPS) is 22.9. The maximum Gasteiger partial charge on any atom is 0.297 e. The maximum atomic E-state index is 15.1. The second-order valence-corrected chi connectivity index (χ2v) is 23.6. The SMILES string of the molecule is COCCOc1nc2[nH]cc(F)c2cc1Oc1cc(N2CCC3(CC2)CC(N2CCN(C(C)=O)C[C@H]2c2ccccc2C(C)C)C3)ccc1C(=O)NS(=O)(=O)c1cc2c(c([N+](=O)[O-])c1)N[C@@H]([C@H]1CC[C@](C)(O)CC1)CO2. The van der Waals surface area contributed by atoms with Gasteiger partial charge in [-0.2, -0.15) is 4.98 Å². The number of nitrogens with one attached hydrogen (secondary N) is 3. The van der Waals surface area contributed by atoms with Crippen molar-refractivity contribution < 1.29 is 51.4 Å². The van der Waals surface area contributed by atoms with Gasteiger partial charge in [0.1, 0.15) is 30.4 Å². The van der Waals surface area contributed by atoms with E-state index in [0.29, 0.717) is 69.5 Å². The number of halogens is 1. The minimum absolute atomic E-state index is 0.0324. The van der Waals surface area contributed by atoms with Crippen LogP contribution in [0.2, 0.25) is 0 Å². The molecule has 5 heterocycles. The summed E-state index contributed by atoms with van der Waals surface area (Å²) >= 11 is 0. The minimum Gasteiger partial charge on any atom is -0.489 e. The number of nitro benzene ring substituents is 1. The van der Waals surface area contributed by atoms with E-state index in [2.05, 4.69) is 67.9 Å². The zero-order valence-electron chi connectivity index (χ0n) is 43.6. The molecule has 2 aromatic heterocycles. The number of piperazine rings is 1. The Morgan fingerprint density at radius 1 is 1.01 bits per heavy atom. The molecule has 4 N–H and O–H groups in total. The predicted molar refractivity (Wildman–Crippen MR) is 282 cm³/mol. The molecule has 2 amide bonds. The van der Waals surface area contributed by atoms with Crippen molar-refractivity contribution in [3.05, 3.63) is 99.5 Å². The number of carbonyl (C=O) groups excluding carboxylic acids is 2. The molecule has 21 heteroatoms. The second kappa shape index (κ2) is 21.1. The fraction of sp³-hybridized carbons (Fsp3) is 0.509. The van der Waals surface area contributed by atoms with Crippen LogP contribution in [0.25, 0.3) is 11.0 Å². The van der Waals surface area contributed by atoms with E-state index >= 15 is 4.39 Å². The molecular weight excluding hydrogens is 1000 g/mol. The number of hydrogen-bond acceptors (Lipinski definition) is 15. The first kappa shape index (κ1) is 52.9. The number of anilines is 2. The Labute approximate surface area is 441 Å². The van der Waals surface area contributed by atoms with Crippen LogP contribution in [-0.2, 0) is 19.6 Å². The number of hydrogen-bond donors (Lipinski definition) is 4. The van der Waals surface area contributed by atoms with Gasteiger partial charge in [-0.15, -0.1) is 0 Å². The molecule has 5 aliphatic rings. The van der Waals surface area contributed by atoms with Gasteiger partial charge in [0.15, 0.2) is 17.2 Å². The summed E-state index contributed by atoms with van der Waals surface area (Å²) < 4.78 is 69.1. The van der Waals surface area contributed by atoms with Gasteiger partial charge in [0.2, 0.25) is 5.91 Å². The number of carbonyl (C=O) groups is 2. The third-order valence-corrected chi connectivity index (χ3v) is 17.9. The van der Waals surface area contributed by atoms with Crippen molar-refractivity contribution in [3.8, 4) is 23.1 Å². The lowest BCUT2D eigenvalue weighted by molar-refractivity contribution is -0.384. The summed E-state index contributed by atoms with van der Waals surface area (Å²) in [4.78, 5) is 52.3. The zero-order valence-corrected chi connectivity index (χ0v) is 44.4.